The number of anilines is 1. The number of nitrogens with two attached hydrogens (primary N) is 1. The predicted molar refractivity (Wildman–Crippen MR) is 80.0 cm³/mol. The number of aryl methyl sites for hydroxylation is 1. The lowest BCUT2D eigenvalue weighted by atomic mass is 10.2. The molecule has 0 spiro atoms. The van der Waals surface area contributed by atoms with E-state index in [-0.39, 0.29) is 12.5 Å². The average molecular weight is 270 g/mol. The average Bonchev–Trinajstić information content (AvgIpc) is 2.49. The van der Waals surface area contributed by atoms with Gasteiger partial charge in [0, 0.05) is 5.69 Å². The van der Waals surface area contributed by atoms with E-state index in [0.29, 0.717) is 5.69 Å². The molecule has 0 aliphatic rings. The van der Waals surface area contributed by atoms with Crippen LogP contribution in [0.25, 0.3) is 0 Å². The number of benzene rings is 2. The summed E-state index contributed by atoms with van der Waals surface area (Å²) in [5, 5.41) is 2.68. The van der Waals surface area contributed by atoms with E-state index in [0.717, 1.165) is 17.9 Å². The molecule has 1 amide bonds. The number of hydrogen-bond acceptors (Lipinski definition) is 3. The molecule has 0 aliphatic heterocycles. The molecule has 0 heterocycles. The van der Waals surface area contributed by atoms with Gasteiger partial charge in [-0.2, -0.15) is 0 Å². The summed E-state index contributed by atoms with van der Waals surface area (Å²) in [6.45, 7) is 2.08. The first-order chi connectivity index (χ1) is 9.71. The molecular weight excluding hydrogens is 252 g/mol. The molecule has 0 unspecified atom stereocenters. The van der Waals surface area contributed by atoms with Gasteiger partial charge in [-0.25, -0.2) is 0 Å². The molecule has 0 saturated carbocycles. The fraction of sp³-hybridized carbons (Fsp3) is 0.188. The molecule has 4 nitrogen and oxygen atoms in total. The Bertz CT molecular complexity index is 579. The molecule has 0 atom stereocenters. The maximum Gasteiger partial charge on any atom is 0.238 e. The largest absolute Gasteiger partial charge is 0.457 e. The summed E-state index contributed by atoms with van der Waals surface area (Å²) < 4.78 is 5.77. The van der Waals surface area contributed by atoms with Crippen molar-refractivity contribution in [3.8, 4) is 11.5 Å². The van der Waals surface area contributed by atoms with E-state index in [9.17, 15) is 4.79 Å². The standard InChI is InChI=1S/C16H18N2O2/c1-2-12-4-3-5-15(10-12)20-14-8-6-13(7-9-14)18-16(19)11-17/h3-10H,2,11,17H2,1H3,(H,18,19). The molecule has 3 N–H and O–H groups in total. The van der Waals surface area contributed by atoms with Gasteiger partial charge in [0.05, 0.1) is 6.54 Å². The monoisotopic (exact) mass is 270 g/mol. The molecule has 2 aromatic carbocycles. The molecule has 104 valence electrons. The number of nitrogens with one attached hydrogen (secondary N) is 1. The van der Waals surface area contributed by atoms with Crippen LogP contribution in [-0.2, 0) is 11.2 Å². The fourth-order valence-electron chi connectivity index (χ4n) is 1.78. The maximum atomic E-state index is 11.2. The van der Waals surface area contributed by atoms with E-state index in [1.165, 1.54) is 5.56 Å². The van der Waals surface area contributed by atoms with Gasteiger partial charge >= 0.3 is 0 Å². The van der Waals surface area contributed by atoms with Gasteiger partial charge in [0.2, 0.25) is 5.91 Å². The van der Waals surface area contributed by atoms with Crippen LogP contribution in [0.2, 0.25) is 0 Å². The second-order valence-electron chi connectivity index (χ2n) is 4.38. The highest BCUT2D eigenvalue weighted by Crippen LogP contribution is 2.23. The Kier molecular flexibility index (Phi) is 4.74. The van der Waals surface area contributed by atoms with Gasteiger partial charge in [0.15, 0.2) is 0 Å². The van der Waals surface area contributed by atoms with Crippen LogP contribution in [0.1, 0.15) is 12.5 Å². The van der Waals surface area contributed by atoms with Crippen molar-refractivity contribution < 1.29 is 9.53 Å². The summed E-state index contributed by atoms with van der Waals surface area (Å²) in [5.74, 6) is 1.32. The summed E-state index contributed by atoms with van der Waals surface area (Å²) in [5.41, 5.74) is 7.18. The molecule has 0 bridgehead atoms. The molecule has 4 heteroatoms. The minimum absolute atomic E-state index is 0.0257. The molecule has 0 saturated heterocycles. The predicted octanol–water partition coefficient (Wildman–Crippen LogP) is 2.94. The van der Waals surface area contributed by atoms with Crippen molar-refractivity contribution in [2.75, 3.05) is 11.9 Å². The van der Waals surface area contributed by atoms with Crippen LogP contribution in [0.15, 0.2) is 48.5 Å². The highest BCUT2D eigenvalue weighted by Gasteiger charge is 2.01. The third-order valence-electron chi connectivity index (χ3n) is 2.87. The minimum Gasteiger partial charge on any atom is -0.457 e. The van der Waals surface area contributed by atoms with Crippen LogP contribution in [0, 0.1) is 0 Å². The third-order valence-corrected chi connectivity index (χ3v) is 2.87. The number of carbonyl (C=O) groups is 1. The van der Waals surface area contributed by atoms with Crippen molar-refractivity contribution in [3.05, 3.63) is 54.1 Å². The van der Waals surface area contributed by atoms with E-state index in [4.69, 9.17) is 10.5 Å². The Morgan fingerprint density at radius 2 is 1.90 bits per heavy atom. The van der Waals surface area contributed by atoms with E-state index < -0.39 is 0 Å². The van der Waals surface area contributed by atoms with Gasteiger partial charge < -0.3 is 15.8 Å². The summed E-state index contributed by atoms with van der Waals surface area (Å²) >= 11 is 0. The van der Waals surface area contributed by atoms with Crippen molar-refractivity contribution in [1.82, 2.24) is 0 Å². The van der Waals surface area contributed by atoms with Crippen LogP contribution in [0.5, 0.6) is 11.5 Å². The molecule has 2 aromatic rings. The summed E-state index contributed by atoms with van der Waals surface area (Å²) in [4.78, 5) is 11.2. The van der Waals surface area contributed by atoms with Crippen molar-refractivity contribution in [1.29, 1.82) is 0 Å². The van der Waals surface area contributed by atoms with Crippen molar-refractivity contribution >= 4 is 11.6 Å². The molecule has 2 rings (SSSR count). The Labute approximate surface area is 118 Å². The van der Waals surface area contributed by atoms with E-state index in [1.807, 2.05) is 30.3 Å². The van der Waals surface area contributed by atoms with E-state index >= 15 is 0 Å². The second-order valence-corrected chi connectivity index (χ2v) is 4.38. The van der Waals surface area contributed by atoms with Gasteiger partial charge in [-0.3, -0.25) is 4.79 Å². The molecule has 0 fully saturated rings. The zero-order valence-electron chi connectivity index (χ0n) is 11.4. The van der Waals surface area contributed by atoms with Gasteiger partial charge in [-0.05, 0) is 48.4 Å². The lowest BCUT2D eigenvalue weighted by Gasteiger charge is -2.08. The normalized spacial score (nSPS) is 10.1. The summed E-state index contributed by atoms with van der Waals surface area (Å²) in [7, 11) is 0. The Morgan fingerprint density at radius 3 is 2.55 bits per heavy atom. The Morgan fingerprint density at radius 1 is 1.15 bits per heavy atom. The summed E-state index contributed by atoms with van der Waals surface area (Å²) in [6.07, 6.45) is 0.973. The zero-order chi connectivity index (χ0) is 14.4. The van der Waals surface area contributed by atoms with Gasteiger partial charge in [-0.15, -0.1) is 0 Å². The number of rotatable bonds is 5. The fourth-order valence-corrected chi connectivity index (χ4v) is 1.78. The van der Waals surface area contributed by atoms with Gasteiger partial charge in [0.1, 0.15) is 11.5 Å². The topological polar surface area (TPSA) is 64.3 Å². The highest BCUT2D eigenvalue weighted by atomic mass is 16.5. The maximum absolute atomic E-state index is 11.2. The molecular formula is C16H18N2O2. The number of amides is 1. The van der Waals surface area contributed by atoms with Crippen LogP contribution in [0.4, 0.5) is 5.69 Å². The minimum atomic E-state index is -0.214. The number of carbonyl (C=O) groups excluding carboxylic acids is 1. The molecule has 0 aromatic heterocycles. The van der Waals surface area contributed by atoms with Crippen molar-refractivity contribution in [2.24, 2.45) is 5.73 Å². The lowest BCUT2D eigenvalue weighted by molar-refractivity contribution is -0.114. The van der Waals surface area contributed by atoms with Crippen LogP contribution in [0.3, 0.4) is 0 Å². The number of hydrogen-bond donors (Lipinski definition) is 2. The van der Waals surface area contributed by atoms with E-state index in [1.54, 1.807) is 12.1 Å². The van der Waals surface area contributed by atoms with Crippen LogP contribution >= 0.6 is 0 Å². The van der Waals surface area contributed by atoms with Gasteiger partial charge in [0.25, 0.3) is 0 Å². The third kappa shape index (κ3) is 3.83. The smallest absolute Gasteiger partial charge is 0.238 e. The SMILES string of the molecule is CCc1cccc(Oc2ccc(NC(=O)CN)cc2)c1. The molecule has 20 heavy (non-hydrogen) atoms. The van der Waals surface area contributed by atoms with E-state index in [2.05, 4.69) is 18.3 Å². The van der Waals surface area contributed by atoms with Crippen molar-refractivity contribution in [3.63, 3.8) is 0 Å². The van der Waals surface area contributed by atoms with Crippen molar-refractivity contribution in [2.45, 2.75) is 13.3 Å². The quantitative estimate of drug-likeness (QED) is 0.878. The first-order valence-electron chi connectivity index (χ1n) is 6.58. The summed E-state index contributed by atoms with van der Waals surface area (Å²) in [6, 6.07) is 15.2. The van der Waals surface area contributed by atoms with Crippen LogP contribution < -0.4 is 15.8 Å². The second kappa shape index (κ2) is 6.73. The number of ether oxygens (including phenoxy) is 1. The Hall–Kier alpha value is -2.33. The van der Waals surface area contributed by atoms with Crippen LogP contribution in [-0.4, -0.2) is 12.5 Å². The first kappa shape index (κ1) is 14.1. The first-order valence-corrected chi connectivity index (χ1v) is 6.58. The zero-order valence-corrected chi connectivity index (χ0v) is 11.4. The Balaban J connectivity index is 2.04. The lowest BCUT2D eigenvalue weighted by Crippen LogP contribution is -2.21. The molecule has 0 aliphatic carbocycles. The van der Waals surface area contributed by atoms with Gasteiger partial charge in [-0.1, -0.05) is 19.1 Å². The highest BCUT2D eigenvalue weighted by molar-refractivity contribution is 5.92. The molecule has 0 radical (unpaired) electrons.